The number of hydrogen-bond acceptors (Lipinski definition) is 24. The van der Waals surface area contributed by atoms with E-state index in [0.29, 0.717) is 118 Å². The molecule has 5 amide bonds. The van der Waals surface area contributed by atoms with Crippen molar-refractivity contribution in [1.29, 1.82) is 0 Å². The highest BCUT2D eigenvalue weighted by atomic mass is 19.4. The zero-order valence-corrected chi connectivity index (χ0v) is 74.1. The van der Waals surface area contributed by atoms with E-state index in [1.165, 1.54) is 41.1 Å². The van der Waals surface area contributed by atoms with Crippen molar-refractivity contribution in [2.24, 2.45) is 0 Å². The molecule has 10 aliphatic heterocycles. The van der Waals surface area contributed by atoms with E-state index in [4.69, 9.17) is 37.9 Å². The van der Waals surface area contributed by atoms with Crippen LogP contribution < -0.4 is 23.7 Å². The summed E-state index contributed by atoms with van der Waals surface area (Å²) in [6.45, 7) is 14.0. The van der Waals surface area contributed by atoms with Crippen LogP contribution in [0.1, 0.15) is 269 Å². The van der Waals surface area contributed by atoms with E-state index in [-0.39, 0.29) is 107 Å². The highest BCUT2D eigenvalue weighted by Gasteiger charge is 2.61. The number of methoxy groups -OCH3 is 5. The molecule has 20 rings (SSSR count). The van der Waals surface area contributed by atoms with Crippen molar-refractivity contribution < 1.29 is 122 Å². The molecule has 41 heteroatoms. The number of imidazole rings is 5. The lowest BCUT2D eigenvalue weighted by atomic mass is 10.1. The summed E-state index contributed by atoms with van der Waals surface area (Å²) in [4.78, 5) is 157. The number of carboxylic acid groups (broad SMARTS) is 1. The van der Waals surface area contributed by atoms with E-state index >= 15 is 0 Å². The maximum atomic E-state index is 13.2. The second-order valence-corrected chi connectivity index (χ2v) is 33.8. The standard InChI is InChI=1S/C20H23N3O4.C19H15F6N3O4.C19H21N3O4.C18H19N3O4.C16H15N3O4/c1-20(2,3)27-19(25)16-17-15-6-5-9-22(15)18(24)13-10-12(26-4)7-8-14(13)23(17)11-21-16;1-31-9-4-5-11-10(7-9)15(29)27-6-2-3-12(27)14-13(26-8-28(11)14)16(30)32-17(18(20,21)22)19(23,24)25;1-11(2)26-19(24)16-17-15-5-4-8-21(15)18(23)13-9-12(25-3)6-7-14(13)22(17)10-20-16;1-3-25-18(23)15-16-14-5-4-8-20(14)17(22)12-9-11(24-2)6-7-13(12)21(16)10-19-15;1-23-9-4-5-11-10(7-9)15(20)18-6-2-3-12(18)14-13(16(21)22)17-8-19(11)14/h7-8,10-11,15H,5-6,9H2,1-4H3;4-5,7-8,12,17H,2-3,6H2,1H3;6-7,9-11,15H,4-5,8H2,1-3H3;6-7,9-10,14H,3-5,8H2,1-2H3;4-5,7-8,12H,2-3,6H2,1H3,(H,21,22)/t15-;12-;15-;14-;12-/m00000/s1. The summed E-state index contributed by atoms with van der Waals surface area (Å²) in [5.74, 6) is -2.15. The fourth-order valence-corrected chi connectivity index (χ4v) is 18.8. The number of rotatable bonds is 13. The minimum atomic E-state index is -5.86. The van der Waals surface area contributed by atoms with Crippen LogP contribution in [0.4, 0.5) is 26.3 Å². The van der Waals surface area contributed by atoms with Crippen LogP contribution in [0.2, 0.25) is 0 Å². The lowest BCUT2D eigenvalue weighted by Crippen LogP contribution is -2.45. The van der Waals surface area contributed by atoms with Crippen LogP contribution in [0.5, 0.6) is 28.7 Å². The second-order valence-electron chi connectivity index (χ2n) is 33.8. The summed E-state index contributed by atoms with van der Waals surface area (Å²) in [6.07, 6.45) is -1.39. The van der Waals surface area contributed by atoms with Crippen LogP contribution in [-0.4, -0.2) is 242 Å². The molecule has 5 saturated heterocycles. The third-order valence-corrected chi connectivity index (χ3v) is 24.4. The van der Waals surface area contributed by atoms with E-state index in [0.717, 1.165) is 74.8 Å². The van der Waals surface area contributed by atoms with Gasteiger partial charge in [-0.15, -0.1) is 0 Å². The first-order valence-electron chi connectivity index (χ1n) is 43.0. The average molecular weight is 1840 g/mol. The maximum Gasteiger partial charge on any atom is 0.434 e. The molecule has 133 heavy (non-hydrogen) atoms. The molecule has 35 nitrogen and oxygen atoms in total. The van der Waals surface area contributed by atoms with Crippen molar-refractivity contribution in [3.05, 3.63) is 207 Å². The van der Waals surface area contributed by atoms with Crippen LogP contribution in [0, 0.1) is 0 Å². The molecule has 0 saturated carbocycles. The topological polar surface area (TPSA) is 379 Å². The van der Waals surface area contributed by atoms with Gasteiger partial charge in [-0.25, -0.2) is 48.9 Å². The number of carbonyl (C=O) groups is 10. The molecule has 5 aromatic carbocycles. The molecule has 698 valence electrons. The van der Waals surface area contributed by atoms with Gasteiger partial charge in [0.25, 0.3) is 35.6 Å². The van der Waals surface area contributed by atoms with Gasteiger partial charge >= 0.3 is 42.2 Å². The molecule has 5 aromatic heterocycles. The Labute approximate surface area is 755 Å². The van der Waals surface area contributed by atoms with Gasteiger partial charge < -0.3 is 72.2 Å². The molecule has 15 heterocycles. The minimum Gasteiger partial charge on any atom is -0.497 e. The smallest absolute Gasteiger partial charge is 0.434 e. The zero-order valence-electron chi connectivity index (χ0n) is 74.1. The van der Waals surface area contributed by atoms with E-state index in [1.807, 2.05) is 67.4 Å². The second kappa shape index (κ2) is 36.3. The van der Waals surface area contributed by atoms with Gasteiger partial charge in [0.1, 0.15) is 66.0 Å². The number of carboxylic acids is 1. The predicted molar refractivity (Wildman–Crippen MR) is 456 cm³/mol. The quantitative estimate of drug-likeness (QED) is 0.0636. The fraction of sp³-hybridized carbons (Fsp3) is 0.402. The Morgan fingerprint density at radius 2 is 0.617 bits per heavy atom. The molecular formula is C92H93F6N15O20. The summed E-state index contributed by atoms with van der Waals surface area (Å²) in [6, 6.07) is 24.2. The Morgan fingerprint density at radius 3 is 0.850 bits per heavy atom. The fourth-order valence-electron chi connectivity index (χ4n) is 18.8. The van der Waals surface area contributed by atoms with Crippen LogP contribution in [0.25, 0.3) is 28.4 Å². The monoisotopic (exact) mass is 1840 g/mol. The molecule has 0 spiro atoms. The average Bonchev–Trinajstić information content (AvgIpc) is 1.61. The van der Waals surface area contributed by atoms with Gasteiger partial charge in [-0.05, 0) is 197 Å². The number of ether oxygens (including phenoxy) is 9. The first-order valence-corrected chi connectivity index (χ1v) is 43.0. The van der Waals surface area contributed by atoms with Crippen molar-refractivity contribution in [3.63, 3.8) is 0 Å². The van der Waals surface area contributed by atoms with E-state index in [1.54, 1.807) is 132 Å². The number of nitrogens with zero attached hydrogens (tertiary/aromatic N) is 15. The van der Waals surface area contributed by atoms with Crippen LogP contribution in [-0.2, 0) is 18.9 Å². The molecule has 5 atom stereocenters. The highest BCUT2D eigenvalue weighted by molar-refractivity contribution is 6.04. The summed E-state index contributed by atoms with van der Waals surface area (Å²) < 4.78 is 132. The number of halogens is 6. The van der Waals surface area contributed by atoms with Gasteiger partial charge in [-0.2, -0.15) is 26.3 Å². The summed E-state index contributed by atoms with van der Waals surface area (Å²) in [5.41, 5.74) is 7.64. The Morgan fingerprint density at radius 1 is 0.376 bits per heavy atom. The van der Waals surface area contributed by atoms with Gasteiger partial charge in [0.05, 0.1) is 163 Å². The number of aromatic nitrogens is 10. The normalized spacial score (nSPS) is 18.4. The number of hydrogen-bond donors (Lipinski definition) is 1. The summed E-state index contributed by atoms with van der Waals surface area (Å²) in [7, 11) is 7.67. The van der Waals surface area contributed by atoms with Crippen molar-refractivity contribution in [2.75, 3.05) is 74.9 Å². The first-order chi connectivity index (χ1) is 63.5. The Balaban J connectivity index is 0.000000122. The predicted octanol–water partition coefficient (Wildman–Crippen LogP) is 13.9. The Bertz CT molecular complexity index is 6310. The van der Waals surface area contributed by atoms with Gasteiger partial charge in [0.2, 0.25) is 0 Å². The van der Waals surface area contributed by atoms with E-state index in [9.17, 15) is 79.4 Å². The summed E-state index contributed by atoms with van der Waals surface area (Å²) in [5, 5.41) is 9.44. The van der Waals surface area contributed by atoms with Crippen molar-refractivity contribution in [2.45, 2.75) is 166 Å². The molecule has 10 aliphatic rings. The van der Waals surface area contributed by atoms with Crippen molar-refractivity contribution in [3.8, 4) is 57.2 Å². The Hall–Kier alpha value is -14.6. The molecular weight excluding hydrogens is 1750 g/mol. The molecule has 10 aromatic rings. The summed E-state index contributed by atoms with van der Waals surface area (Å²) >= 11 is 0. The highest BCUT2D eigenvalue weighted by Crippen LogP contribution is 2.49. The molecule has 0 bridgehead atoms. The van der Waals surface area contributed by atoms with Crippen LogP contribution in [0.3, 0.4) is 0 Å². The molecule has 0 unspecified atom stereocenters. The van der Waals surface area contributed by atoms with E-state index < -0.39 is 71.5 Å². The number of benzene rings is 5. The van der Waals surface area contributed by atoms with E-state index in [2.05, 4.69) is 29.7 Å². The number of alkyl halides is 6. The number of fused-ring (bicyclic) bond motifs is 25. The molecule has 0 radical (unpaired) electrons. The third-order valence-electron chi connectivity index (χ3n) is 24.4. The van der Waals surface area contributed by atoms with Crippen molar-refractivity contribution in [1.82, 2.24) is 72.3 Å². The number of aromatic carboxylic acids is 1. The number of carbonyl (C=O) groups excluding carboxylic acids is 9. The maximum absolute atomic E-state index is 13.2. The van der Waals surface area contributed by atoms with Gasteiger partial charge in [-0.3, -0.25) is 46.8 Å². The zero-order chi connectivity index (χ0) is 94.9. The SMILES string of the molecule is CCOC(=O)c1ncn2c1[C@@H]1CCCN1C(=O)c1cc(OC)ccc1-2.COc1ccc2c(c1)C(=O)N1CCC[C@H]1c1c(C(=O)O)ncn1-2.COc1ccc2c(c1)C(=O)N1CCC[C@H]1c1c(C(=O)OC(C(F)(F)F)C(F)(F)F)ncn1-2.COc1ccc2c(c1)C(=O)N1CCC[C@H]1c1c(C(=O)OC(C)(C)C)ncn1-2.COc1ccc2c(c1)C(=O)N1CCC[C@H]1c1c(C(=O)OC(C)C)ncn1-2. The molecule has 0 aliphatic carbocycles. The lowest BCUT2D eigenvalue weighted by Gasteiger charge is -2.24. The Kier molecular flexibility index (Phi) is 25.0. The van der Waals surface area contributed by atoms with Gasteiger partial charge in [0.15, 0.2) is 28.5 Å². The first kappa shape index (κ1) is 91.7. The van der Waals surface area contributed by atoms with Crippen LogP contribution >= 0.6 is 0 Å². The third kappa shape index (κ3) is 17.0. The molecule has 1 N–H and O–H groups in total. The number of esters is 4. The van der Waals surface area contributed by atoms with Crippen molar-refractivity contribution >= 4 is 59.4 Å². The van der Waals surface area contributed by atoms with Gasteiger partial charge in [-0.1, -0.05) is 0 Å². The van der Waals surface area contributed by atoms with Crippen LogP contribution in [0.15, 0.2) is 123 Å². The minimum absolute atomic E-state index is 0.00661. The molecule has 5 fully saturated rings. The number of amides is 5. The largest absolute Gasteiger partial charge is 0.497 e. The lowest BCUT2D eigenvalue weighted by molar-refractivity contribution is -0.307. The van der Waals surface area contributed by atoms with Gasteiger partial charge in [0, 0.05) is 32.7 Å².